The number of hydrogen-bond acceptors (Lipinski definition) is 3. The van der Waals surface area contributed by atoms with Gasteiger partial charge in [-0.3, -0.25) is 0 Å². The largest absolute Gasteiger partial charge is 0.417 e. The highest BCUT2D eigenvalue weighted by Gasteiger charge is 2.41. The van der Waals surface area contributed by atoms with E-state index in [1.165, 1.54) is 6.07 Å². The molecule has 0 bridgehead atoms. The van der Waals surface area contributed by atoms with Crippen LogP contribution in [0.25, 0.3) is 0 Å². The molecule has 1 aromatic rings. The van der Waals surface area contributed by atoms with Crippen LogP contribution in [0.1, 0.15) is 18.4 Å². The van der Waals surface area contributed by atoms with Crippen molar-refractivity contribution >= 4 is 5.82 Å². The van der Waals surface area contributed by atoms with Crippen molar-refractivity contribution in [2.45, 2.75) is 25.1 Å². The van der Waals surface area contributed by atoms with E-state index in [1.54, 1.807) is 0 Å². The first-order valence-electron chi connectivity index (χ1n) is 6.49. The second-order valence-electron chi connectivity index (χ2n) is 5.47. The Morgan fingerprint density at radius 2 is 2.00 bits per heavy atom. The number of pyridine rings is 1. The van der Waals surface area contributed by atoms with Crippen LogP contribution in [0.5, 0.6) is 0 Å². The zero-order chi connectivity index (χ0) is 13.6. The Morgan fingerprint density at radius 1 is 1.21 bits per heavy atom. The summed E-state index contributed by atoms with van der Waals surface area (Å²) in [5.74, 6) is 1.65. The van der Waals surface area contributed by atoms with Gasteiger partial charge in [-0.25, -0.2) is 4.98 Å². The predicted octanol–water partition coefficient (Wildman–Crippen LogP) is 2.27. The third-order valence-corrected chi connectivity index (χ3v) is 4.31. The summed E-state index contributed by atoms with van der Waals surface area (Å²) < 4.78 is 37.4. The Kier molecular flexibility index (Phi) is 2.92. The molecule has 19 heavy (non-hydrogen) atoms. The Labute approximate surface area is 109 Å². The highest BCUT2D eigenvalue weighted by Crippen LogP contribution is 2.39. The molecule has 1 saturated carbocycles. The van der Waals surface area contributed by atoms with Crippen LogP contribution in [-0.4, -0.2) is 24.1 Å². The summed E-state index contributed by atoms with van der Waals surface area (Å²) in [5.41, 5.74) is 5.34. The second kappa shape index (κ2) is 4.37. The molecule has 0 unspecified atom stereocenters. The molecule has 6 heteroatoms. The molecule has 1 aliphatic carbocycles. The second-order valence-corrected chi connectivity index (χ2v) is 5.47. The van der Waals surface area contributed by atoms with Gasteiger partial charge in [-0.1, -0.05) is 0 Å². The maximum absolute atomic E-state index is 12.5. The van der Waals surface area contributed by atoms with Gasteiger partial charge < -0.3 is 10.6 Å². The van der Waals surface area contributed by atoms with Crippen LogP contribution in [0.2, 0.25) is 0 Å². The zero-order valence-electron chi connectivity index (χ0n) is 10.4. The molecule has 2 N–H and O–H groups in total. The van der Waals surface area contributed by atoms with Crippen molar-refractivity contribution in [1.82, 2.24) is 4.98 Å². The standard InChI is InChI=1S/C13H16F3N3/c14-13(15,16)9-2-4-12(18-5-9)19-6-8-1-3-11(17)10(8)7-19/h2,4-5,8,10-11H,1,3,6-7,17H2/t8-,10+,11+/m1/s1. The summed E-state index contributed by atoms with van der Waals surface area (Å²) in [6, 6.07) is 2.77. The number of fused-ring (bicyclic) bond motifs is 1. The maximum Gasteiger partial charge on any atom is 0.417 e. The fraction of sp³-hybridized carbons (Fsp3) is 0.615. The summed E-state index contributed by atoms with van der Waals surface area (Å²) in [5, 5.41) is 0. The van der Waals surface area contributed by atoms with Crippen molar-refractivity contribution in [3.05, 3.63) is 23.9 Å². The number of alkyl halides is 3. The average molecular weight is 271 g/mol. The van der Waals surface area contributed by atoms with Crippen LogP contribution in [0.4, 0.5) is 19.0 Å². The lowest BCUT2D eigenvalue weighted by atomic mass is 9.98. The zero-order valence-corrected chi connectivity index (χ0v) is 10.4. The Balaban J connectivity index is 1.74. The number of rotatable bonds is 1. The lowest BCUT2D eigenvalue weighted by Crippen LogP contribution is -2.30. The van der Waals surface area contributed by atoms with Crippen LogP contribution in [-0.2, 0) is 6.18 Å². The fourth-order valence-electron chi connectivity index (χ4n) is 3.24. The number of halogens is 3. The fourth-order valence-corrected chi connectivity index (χ4v) is 3.24. The smallest absolute Gasteiger partial charge is 0.356 e. The van der Waals surface area contributed by atoms with Crippen LogP contribution in [0, 0.1) is 11.8 Å². The molecule has 1 aliphatic heterocycles. The predicted molar refractivity (Wildman–Crippen MR) is 65.6 cm³/mol. The molecule has 3 rings (SSSR count). The molecule has 0 amide bonds. The van der Waals surface area contributed by atoms with E-state index in [0.29, 0.717) is 17.7 Å². The molecular formula is C13H16F3N3. The van der Waals surface area contributed by atoms with Crippen molar-refractivity contribution in [1.29, 1.82) is 0 Å². The van der Waals surface area contributed by atoms with E-state index >= 15 is 0 Å². The van der Waals surface area contributed by atoms with Gasteiger partial charge in [-0.2, -0.15) is 13.2 Å². The van der Waals surface area contributed by atoms with E-state index in [-0.39, 0.29) is 6.04 Å². The van der Waals surface area contributed by atoms with Gasteiger partial charge in [0.1, 0.15) is 5.82 Å². The Morgan fingerprint density at radius 3 is 2.58 bits per heavy atom. The van der Waals surface area contributed by atoms with Gasteiger partial charge in [-0.15, -0.1) is 0 Å². The molecule has 3 atom stereocenters. The maximum atomic E-state index is 12.5. The highest BCUT2D eigenvalue weighted by atomic mass is 19.4. The Bertz CT molecular complexity index is 457. The van der Waals surface area contributed by atoms with E-state index in [4.69, 9.17) is 5.73 Å². The molecule has 2 aliphatic rings. The van der Waals surface area contributed by atoms with E-state index in [0.717, 1.165) is 38.2 Å². The summed E-state index contributed by atoms with van der Waals surface area (Å²) in [4.78, 5) is 5.99. The van der Waals surface area contributed by atoms with Crippen LogP contribution in [0.3, 0.4) is 0 Å². The van der Waals surface area contributed by atoms with Gasteiger partial charge in [-0.05, 0) is 36.8 Å². The van der Waals surface area contributed by atoms with E-state index in [9.17, 15) is 13.2 Å². The molecular weight excluding hydrogens is 255 g/mol. The monoisotopic (exact) mass is 271 g/mol. The molecule has 1 saturated heterocycles. The van der Waals surface area contributed by atoms with Crippen molar-refractivity contribution < 1.29 is 13.2 Å². The van der Waals surface area contributed by atoms with Gasteiger partial charge >= 0.3 is 6.18 Å². The van der Waals surface area contributed by atoms with Gasteiger partial charge in [0.05, 0.1) is 5.56 Å². The van der Waals surface area contributed by atoms with Crippen molar-refractivity contribution in [2.24, 2.45) is 17.6 Å². The first-order valence-corrected chi connectivity index (χ1v) is 6.49. The van der Waals surface area contributed by atoms with Gasteiger partial charge in [0.2, 0.25) is 0 Å². The minimum Gasteiger partial charge on any atom is -0.356 e. The van der Waals surface area contributed by atoms with Crippen molar-refractivity contribution in [3.63, 3.8) is 0 Å². The summed E-state index contributed by atoms with van der Waals surface area (Å²) in [6.45, 7) is 1.67. The molecule has 3 nitrogen and oxygen atoms in total. The summed E-state index contributed by atoms with van der Waals surface area (Å²) in [7, 11) is 0. The van der Waals surface area contributed by atoms with E-state index < -0.39 is 11.7 Å². The quantitative estimate of drug-likeness (QED) is 0.852. The molecule has 0 radical (unpaired) electrons. The number of nitrogens with two attached hydrogens (primary N) is 1. The van der Waals surface area contributed by atoms with Crippen molar-refractivity contribution in [2.75, 3.05) is 18.0 Å². The lowest BCUT2D eigenvalue weighted by molar-refractivity contribution is -0.137. The van der Waals surface area contributed by atoms with Gasteiger partial charge in [0.15, 0.2) is 0 Å². The number of anilines is 1. The normalized spacial score (nSPS) is 30.7. The first kappa shape index (κ1) is 12.7. The van der Waals surface area contributed by atoms with E-state index in [1.807, 2.05) is 0 Å². The van der Waals surface area contributed by atoms with E-state index in [2.05, 4.69) is 9.88 Å². The minimum absolute atomic E-state index is 0.226. The van der Waals surface area contributed by atoms with Gasteiger partial charge in [0.25, 0.3) is 0 Å². The van der Waals surface area contributed by atoms with Crippen LogP contribution in [0.15, 0.2) is 18.3 Å². The highest BCUT2D eigenvalue weighted by molar-refractivity contribution is 5.41. The molecule has 2 fully saturated rings. The third kappa shape index (κ3) is 2.29. The molecule has 0 spiro atoms. The lowest BCUT2D eigenvalue weighted by Gasteiger charge is -2.20. The number of aromatic nitrogens is 1. The third-order valence-electron chi connectivity index (χ3n) is 4.31. The summed E-state index contributed by atoms with van der Waals surface area (Å²) >= 11 is 0. The number of hydrogen-bond donors (Lipinski definition) is 1. The summed E-state index contributed by atoms with van der Waals surface area (Å²) in [6.07, 6.45) is -1.24. The van der Waals surface area contributed by atoms with Crippen LogP contribution < -0.4 is 10.6 Å². The Hall–Kier alpha value is -1.30. The minimum atomic E-state index is -4.32. The molecule has 2 heterocycles. The molecule has 0 aromatic carbocycles. The molecule has 104 valence electrons. The van der Waals surface area contributed by atoms with Crippen LogP contribution >= 0.6 is 0 Å². The SMILES string of the molecule is N[C@H]1CC[C@@H]2CN(c3ccc(C(F)(F)F)cn3)C[C@@H]21. The van der Waals surface area contributed by atoms with Crippen molar-refractivity contribution in [3.8, 4) is 0 Å². The topological polar surface area (TPSA) is 42.1 Å². The van der Waals surface area contributed by atoms with Gasteiger partial charge in [0, 0.05) is 25.3 Å². The number of nitrogens with zero attached hydrogens (tertiary/aromatic N) is 2. The first-order chi connectivity index (χ1) is 8.95. The molecule has 1 aromatic heterocycles. The average Bonchev–Trinajstić information content (AvgIpc) is 2.91.